The van der Waals surface area contributed by atoms with Gasteiger partial charge in [-0.15, -0.1) is 13.2 Å². The lowest BCUT2D eigenvalue weighted by atomic mass is 10.2. The van der Waals surface area contributed by atoms with Crippen molar-refractivity contribution in [1.29, 1.82) is 0 Å². The average Bonchev–Trinajstić information content (AvgIpc) is 2.40. The number of hydrogen-bond donors (Lipinski definition) is 2. The van der Waals surface area contributed by atoms with E-state index in [0.717, 1.165) is 5.56 Å². The second-order valence-electron chi connectivity index (χ2n) is 4.21. The van der Waals surface area contributed by atoms with E-state index in [2.05, 4.69) is 10.1 Å². The van der Waals surface area contributed by atoms with Gasteiger partial charge < -0.3 is 15.2 Å². The molecular weight excluding hydrogens is 307 g/mol. The third-order valence-corrected chi connectivity index (χ3v) is 2.90. The fourth-order valence-corrected chi connectivity index (χ4v) is 1.81. The van der Waals surface area contributed by atoms with Crippen LogP contribution >= 0.6 is 11.6 Å². The van der Waals surface area contributed by atoms with Crippen LogP contribution < -0.4 is 10.1 Å². The van der Waals surface area contributed by atoms with Gasteiger partial charge in [-0.1, -0.05) is 23.7 Å². The Bertz CT molecular complexity index is 615. The van der Waals surface area contributed by atoms with Crippen LogP contribution in [0.2, 0.25) is 5.02 Å². The van der Waals surface area contributed by atoms with Crippen LogP contribution in [0.1, 0.15) is 5.56 Å². The van der Waals surface area contributed by atoms with E-state index in [0.29, 0.717) is 12.2 Å². The van der Waals surface area contributed by atoms with E-state index in [4.69, 9.17) is 11.6 Å². The Morgan fingerprint density at radius 1 is 1.10 bits per heavy atom. The smallest absolute Gasteiger partial charge is 0.506 e. The van der Waals surface area contributed by atoms with Crippen LogP contribution in [0.3, 0.4) is 0 Å². The molecule has 2 aromatic carbocycles. The minimum absolute atomic E-state index is 0.0177. The number of benzene rings is 2. The highest BCUT2D eigenvalue weighted by Crippen LogP contribution is 2.27. The third kappa shape index (κ3) is 4.75. The molecule has 2 aromatic rings. The minimum Gasteiger partial charge on any atom is -0.506 e. The number of ether oxygens (including phenoxy) is 1. The van der Waals surface area contributed by atoms with Gasteiger partial charge in [0.1, 0.15) is 11.5 Å². The lowest BCUT2D eigenvalue weighted by molar-refractivity contribution is -0.274. The van der Waals surface area contributed by atoms with Gasteiger partial charge in [-0.3, -0.25) is 0 Å². The minimum atomic E-state index is -4.69. The van der Waals surface area contributed by atoms with Crippen LogP contribution in [-0.2, 0) is 6.54 Å². The fraction of sp³-hybridized carbons (Fsp3) is 0.143. The summed E-state index contributed by atoms with van der Waals surface area (Å²) in [5, 5.41) is 12.5. The number of rotatable bonds is 4. The zero-order valence-corrected chi connectivity index (χ0v) is 11.4. The molecule has 7 heteroatoms. The molecule has 0 aliphatic rings. The van der Waals surface area contributed by atoms with Crippen LogP contribution in [0.5, 0.6) is 11.5 Å². The molecule has 0 fully saturated rings. The Hall–Kier alpha value is -2.08. The summed E-state index contributed by atoms with van der Waals surface area (Å²) in [6.07, 6.45) is -4.69. The molecule has 2 rings (SSSR count). The number of anilines is 1. The van der Waals surface area contributed by atoms with Gasteiger partial charge in [-0.2, -0.15) is 0 Å². The van der Waals surface area contributed by atoms with Crippen molar-refractivity contribution in [3.63, 3.8) is 0 Å². The number of nitrogens with one attached hydrogen (secondary N) is 1. The quantitative estimate of drug-likeness (QED) is 0.812. The first-order valence-corrected chi connectivity index (χ1v) is 6.28. The number of aromatic hydroxyl groups is 1. The van der Waals surface area contributed by atoms with Crippen LogP contribution in [-0.4, -0.2) is 11.5 Å². The van der Waals surface area contributed by atoms with E-state index < -0.39 is 6.36 Å². The SMILES string of the molecule is Oc1ccc(NCc2ccc(OC(F)(F)F)cc2)cc1Cl. The summed E-state index contributed by atoms with van der Waals surface area (Å²) in [6, 6.07) is 10.2. The second kappa shape index (κ2) is 6.13. The maximum Gasteiger partial charge on any atom is 0.573 e. The van der Waals surface area contributed by atoms with E-state index in [1.54, 1.807) is 12.1 Å². The highest BCUT2D eigenvalue weighted by molar-refractivity contribution is 6.32. The summed E-state index contributed by atoms with van der Waals surface area (Å²) >= 11 is 5.76. The van der Waals surface area contributed by atoms with Crippen molar-refractivity contribution >= 4 is 17.3 Å². The Labute approximate surface area is 123 Å². The van der Waals surface area contributed by atoms with Crippen molar-refractivity contribution in [3.8, 4) is 11.5 Å². The van der Waals surface area contributed by atoms with Gasteiger partial charge in [0.25, 0.3) is 0 Å². The first-order chi connectivity index (χ1) is 9.83. The highest BCUT2D eigenvalue weighted by Gasteiger charge is 2.30. The lowest BCUT2D eigenvalue weighted by Crippen LogP contribution is -2.17. The molecule has 0 unspecified atom stereocenters. The van der Waals surface area contributed by atoms with Gasteiger partial charge in [-0.05, 0) is 35.9 Å². The Morgan fingerprint density at radius 3 is 2.33 bits per heavy atom. The molecule has 0 bridgehead atoms. The normalized spacial score (nSPS) is 11.2. The topological polar surface area (TPSA) is 41.5 Å². The summed E-state index contributed by atoms with van der Waals surface area (Å²) in [7, 11) is 0. The zero-order valence-electron chi connectivity index (χ0n) is 10.6. The fourth-order valence-electron chi connectivity index (χ4n) is 1.63. The van der Waals surface area contributed by atoms with E-state index in [-0.39, 0.29) is 16.5 Å². The zero-order chi connectivity index (χ0) is 15.5. The standard InChI is InChI=1S/C14H11ClF3NO2/c15-12-7-10(3-6-13(12)20)19-8-9-1-4-11(5-2-9)21-14(16,17)18/h1-7,19-20H,8H2. The molecule has 0 saturated carbocycles. The Morgan fingerprint density at radius 2 is 1.76 bits per heavy atom. The second-order valence-corrected chi connectivity index (χ2v) is 4.62. The lowest BCUT2D eigenvalue weighted by Gasteiger charge is -2.10. The number of alkyl halides is 3. The van der Waals surface area contributed by atoms with Crippen LogP contribution in [0.15, 0.2) is 42.5 Å². The van der Waals surface area contributed by atoms with Crippen molar-refractivity contribution in [2.24, 2.45) is 0 Å². The first-order valence-electron chi connectivity index (χ1n) is 5.90. The molecule has 112 valence electrons. The number of phenolic OH excluding ortho intramolecular Hbond substituents is 1. The summed E-state index contributed by atoms with van der Waals surface area (Å²) in [4.78, 5) is 0. The molecule has 0 aromatic heterocycles. The highest BCUT2D eigenvalue weighted by atomic mass is 35.5. The molecule has 0 heterocycles. The van der Waals surface area contributed by atoms with Gasteiger partial charge in [0.05, 0.1) is 5.02 Å². The predicted octanol–water partition coefficient (Wildman–Crippen LogP) is 4.56. The maximum atomic E-state index is 12.0. The molecule has 3 nitrogen and oxygen atoms in total. The number of halogens is 4. The van der Waals surface area contributed by atoms with Gasteiger partial charge in [-0.25, -0.2) is 0 Å². The summed E-state index contributed by atoms with van der Waals surface area (Å²) < 4.78 is 39.8. The molecule has 0 atom stereocenters. The Balaban J connectivity index is 1.96. The average molecular weight is 318 g/mol. The van der Waals surface area contributed by atoms with Gasteiger partial charge in [0.15, 0.2) is 0 Å². The van der Waals surface area contributed by atoms with Gasteiger partial charge in [0.2, 0.25) is 0 Å². The van der Waals surface area contributed by atoms with E-state index in [1.807, 2.05) is 0 Å². The van der Waals surface area contributed by atoms with Crippen molar-refractivity contribution in [3.05, 3.63) is 53.1 Å². The maximum absolute atomic E-state index is 12.0. The summed E-state index contributed by atoms with van der Waals surface area (Å²) in [5.74, 6) is -0.283. The van der Waals surface area contributed by atoms with E-state index in [9.17, 15) is 18.3 Å². The molecule has 21 heavy (non-hydrogen) atoms. The van der Waals surface area contributed by atoms with Crippen molar-refractivity contribution < 1.29 is 23.0 Å². The molecule has 2 N–H and O–H groups in total. The van der Waals surface area contributed by atoms with Gasteiger partial charge in [0, 0.05) is 12.2 Å². The molecule has 0 radical (unpaired) electrons. The monoisotopic (exact) mass is 317 g/mol. The number of phenols is 1. The first kappa shape index (κ1) is 15.3. The molecule has 0 aliphatic heterocycles. The molecule has 0 aliphatic carbocycles. The largest absolute Gasteiger partial charge is 0.573 e. The third-order valence-electron chi connectivity index (χ3n) is 2.60. The van der Waals surface area contributed by atoms with Crippen LogP contribution in [0, 0.1) is 0 Å². The molecule has 0 amide bonds. The molecule has 0 spiro atoms. The summed E-state index contributed by atoms with van der Waals surface area (Å²) in [6.45, 7) is 0.396. The van der Waals surface area contributed by atoms with Gasteiger partial charge >= 0.3 is 6.36 Å². The van der Waals surface area contributed by atoms with E-state index in [1.165, 1.54) is 30.3 Å². The van der Waals surface area contributed by atoms with Crippen molar-refractivity contribution in [2.75, 3.05) is 5.32 Å². The van der Waals surface area contributed by atoms with Crippen LogP contribution in [0.25, 0.3) is 0 Å². The van der Waals surface area contributed by atoms with E-state index >= 15 is 0 Å². The Kier molecular flexibility index (Phi) is 4.47. The van der Waals surface area contributed by atoms with Crippen molar-refractivity contribution in [2.45, 2.75) is 12.9 Å². The summed E-state index contributed by atoms with van der Waals surface area (Å²) in [5.41, 5.74) is 1.46. The molecular formula is C14H11ClF3NO2. The van der Waals surface area contributed by atoms with Crippen molar-refractivity contribution in [1.82, 2.24) is 0 Å². The van der Waals surface area contributed by atoms with Crippen LogP contribution in [0.4, 0.5) is 18.9 Å². The molecule has 0 saturated heterocycles. The number of hydrogen-bond acceptors (Lipinski definition) is 3. The predicted molar refractivity (Wildman–Crippen MR) is 73.6 cm³/mol.